The van der Waals surface area contributed by atoms with Gasteiger partial charge in [0.15, 0.2) is 0 Å². The fourth-order valence-corrected chi connectivity index (χ4v) is 5.68. The Labute approximate surface area is 134 Å². The van der Waals surface area contributed by atoms with Crippen LogP contribution in [-0.4, -0.2) is 37.0 Å². The van der Waals surface area contributed by atoms with Gasteiger partial charge in [0.05, 0.1) is 11.0 Å². The van der Waals surface area contributed by atoms with E-state index in [9.17, 15) is 13.5 Å². The topological polar surface area (TPSA) is 57.6 Å². The van der Waals surface area contributed by atoms with Gasteiger partial charge in [-0.05, 0) is 54.9 Å². The molecule has 0 aromatic heterocycles. The largest absolute Gasteiger partial charge is 0.393 e. The minimum Gasteiger partial charge on any atom is -0.393 e. The van der Waals surface area contributed by atoms with E-state index in [-0.39, 0.29) is 6.10 Å². The van der Waals surface area contributed by atoms with Crippen molar-refractivity contribution in [1.82, 2.24) is 4.31 Å². The lowest BCUT2D eigenvalue weighted by Crippen LogP contribution is -2.30. The van der Waals surface area contributed by atoms with Crippen molar-refractivity contribution in [3.63, 3.8) is 0 Å². The molecule has 2 aliphatic rings. The van der Waals surface area contributed by atoms with Crippen LogP contribution in [0.5, 0.6) is 0 Å². The predicted molar refractivity (Wildman–Crippen MR) is 84.5 cm³/mol. The minimum atomic E-state index is -3.42. The van der Waals surface area contributed by atoms with Gasteiger partial charge in [-0.2, -0.15) is 4.31 Å². The number of aliphatic hydroxyl groups is 1. The van der Waals surface area contributed by atoms with E-state index in [0.717, 1.165) is 29.3 Å². The second kappa shape index (κ2) is 5.65. The maximum absolute atomic E-state index is 12.8. The maximum Gasteiger partial charge on any atom is 0.243 e. The number of sulfonamides is 1. The highest BCUT2D eigenvalue weighted by Gasteiger charge is 2.44. The molecule has 3 rings (SSSR count). The van der Waals surface area contributed by atoms with Crippen LogP contribution in [0.2, 0.25) is 0 Å². The molecule has 1 N–H and O–H groups in total. The van der Waals surface area contributed by atoms with Crippen molar-refractivity contribution < 1.29 is 13.5 Å². The van der Waals surface area contributed by atoms with E-state index < -0.39 is 10.0 Å². The van der Waals surface area contributed by atoms with E-state index in [4.69, 9.17) is 0 Å². The molecule has 0 radical (unpaired) electrons. The maximum atomic E-state index is 12.8. The van der Waals surface area contributed by atoms with Crippen LogP contribution in [0.3, 0.4) is 0 Å². The summed E-state index contributed by atoms with van der Waals surface area (Å²) >= 11 is 3.45. The number of hydrogen-bond donors (Lipinski definition) is 1. The van der Waals surface area contributed by atoms with Gasteiger partial charge in [-0.3, -0.25) is 0 Å². The number of benzene rings is 1. The van der Waals surface area contributed by atoms with Gasteiger partial charge in [-0.1, -0.05) is 22.9 Å². The van der Waals surface area contributed by atoms with Crippen molar-refractivity contribution >= 4 is 26.0 Å². The highest BCUT2D eigenvalue weighted by atomic mass is 79.9. The summed E-state index contributed by atoms with van der Waals surface area (Å²) < 4.78 is 28.1. The molecule has 21 heavy (non-hydrogen) atoms. The van der Waals surface area contributed by atoms with Gasteiger partial charge >= 0.3 is 0 Å². The van der Waals surface area contributed by atoms with Crippen LogP contribution in [0, 0.1) is 11.8 Å². The SMILES string of the molecule is CCc1cc(S(=O)(=O)N2CC3CC(O)CC3C2)ccc1Br. The van der Waals surface area contributed by atoms with Crippen molar-refractivity contribution in [3.05, 3.63) is 28.2 Å². The summed E-state index contributed by atoms with van der Waals surface area (Å²) in [5, 5.41) is 9.67. The van der Waals surface area contributed by atoms with Gasteiger partial charge in [0.2, 0.25) is 10.0 Å². The molecule has 1 aliphatic carbocycles. The number of rotatable bonds is 3. The van der Waals surface area contributed by atoms with Crippen LogP contribution < -0.4 is 0 Å². The first-order valence-electron chi connectivity index (χ1n) is 7.38. The molecule has 1 heterocycles. The van der Waals surface area contributed by atoms with Crippen LogP contribution >= 0.6 is 15.9 Å². The molecule has 1 aromatic rings. The summed E-state index contributed by atoms with van der Waals surface area (Å²) in [6.45, 7) is 3.10. The molecule has 1 aliphatic heterocycles. The van der Waals surface area contributed by atoms with E-state index in [1.165, 1.54) is 0 Å². The second-order valence-corrected chi connectivity index (χ2v) is 8.87. The summed E-state index contributed by atoms with van der Waals surface area (Å²) in [5.74, 6) is 0.631. The fourth-order valence-electron chi connectivity index (χ4n) is 3.55. The van der Waals surface area contributed by atoms with E-state index in [1.807, 2.05) is 13.0 Å². The normalized spacial score (nSPS) is 29.8. The summed E-state index contributed by atoms with van der Waals surface area (Å²) in [4.78, 5) is 0.378. The van der Waals surface area contributed by atoms with E-state index in [0.29, 0.717) is 29.8 Å². The molecule has 0 amide bonds. The van der Waals surface area contributed by atoms with E-state index >= 15 is 0 Å². The number of fused-ring (bicyclic) bond motifs is 1. The standard InChI is InChI=1S/C15H20BrNO3S/c1-2-10-7-14(3-4-15(10)16)21(19,20)17-8-11-5-13(18)6-12(11)9-17/h3-4,7,11-13,18H,2,5-6,8-9H2,1H3. The Morgan fingerprint density at radius 2 is 1.90 bits per heavy atom. The minimum absolute atomic E-state index is 0.246. The molecule has 1 saturated heterocycles. The van der Waals surface area contributed by atoms with Crippen molar-refractivity contribution in [2.75, 3.05) is 13.1 Å². The first-order chi connectivity index (χ1) is 9.91. The average molecular weight is 374 g/mol. The Morgan fingerprint density at radius 1 is 1.29 bits per heavy atom. The van der Waals surface area contributed by atoms with Gasteiger partial charge in [0.25, 0.3) is 0 Å². The van der Waals surface area contributed by atoms with Gasteiger partial charge in [0, 0.05) is 17.6 Å². The van der Waals surface area contributed by atoms with Gasteiger partial charge in [-0.15, -0.1) is 0 Å². The molecule has 1 aromatic carbocycles. The molecule has 2 atom stereocenters. The average Bonchev–Trinajstić information content (AvgIpc) is 2.96. The van der Waals surface area contributed by atoms with Crippen LogP contribution in [0.25, 0.3) is 0 Å². The smallest absolute Gasteiger partial charge is 0.243 e. The zero-order valence-corrected chi connectivity index (χ0v) is 14.4. The predicted octanol–water partition coefficient (Wildman–Crippen LogP) is 2.40. The first-order valence-corrected chi connectivity index (χ1v) is 9.61. The molecule has 2 fully saturated rings. The number of aryl methyl sites for hydroxylation is 1. The van der Waals surface area contributed by atoms with Crippen molar-refractivity contribution in [2.45, 2.75) is 37.2 Å². The van der Waals surface area contributed by atoms with Crippen LogP contribution in [0.15, 0.2) is 27.6 Å². The molecule has 116 valence electrons. The Morgan fingerprint density at radius 3 is 2.48 bits per heavy atom. The Bertz CT molecular complexity index is 632. The molecular formula is C15H20BrNO3S. The van der Waals surface area contributed by atoms with Gasteiger partial charge < -0.3 is 5.11 Å². The third kappa shape index (κ3) is 2.79. The number of nitrogens with zero attached hydrogens (tertiary/aromatic N) is 1. The molecule has 4 nitrogen and oxygen atoms in total. The van der Waals surface area contributed by atoms with Crippen LogP contribution in [0.4, 0.5) is 0 Å². The van der Waals surface area contributed by atoms with Crippen molar-refractivity contribution in [3.8, 4) is 0 Å². The van der Waals surface area contributed by atoms with E-state index in [2.05, 4.69) is 15.9 Å². The summed E-state index contributed by atoms with van der Waals surface area (Å²) in [6.07, 6.45) is 2.01. The van der Waals surface area contributed by atoms with Crippen LogP contribution in [-0.2, 0) is 16.4 Å². The third-order valence-electron chi connectivity index (χ3n) is 4.73. The van der Waals surface area contributed by atoms with Crippen molar-refractivity contribution in [1.29, 1.82) is 0 Å². The highest BCUT2D eigenvalue weighted by molar-refractivity contribution is 9.10. The third-order valence-corrected chi connectivity index (χ3v) is 7.33. The van der Waals surface area contributed by atoms with Crippen LogP contribution in [0.1, 0.15) is 25.3 Å². The lowest BCUT2D eigenvalue weighted by molar-refractivity contribution is 0.169. The second-order valence-electron chi connectivity index (χ2n) is 6.07. The highest BCUT2D eigenvalue weighted by Crippen LogP contribution is 2.40. The number of aliphatic hydroxyl groups excluding tert-OH is 1. The van der Waals surface area contributed by atoms with Crippen molar-refractivity contribution in [2.24, 2.45) is 11.8 Å². The summed E-state index contributed by atoms with van der Waals surface area (Å²) in [6, 6.07) is 5.25. The molecule has 1 saturated carbocycles. The van der Waals surface area contributed by atoms with Gasteiger partial charge in [0.1, 0.15) is 0 Å². The lowest BCUT2D eigenvalue weighted by Gasteiger charge is -2.18. The number of halogens is 1. The lowest BCUT2D eigenvalue weighted by atomic mass is 10.0. The monoisotopic (exact) mass is 373 g/mol. The fraction of sp³-hybridized carbons (Fsp3) is 0.600. The molecule has 0 bridgehead atoms. The quantitative estimate of drug-likeness (QED) is 0.884. The molecule has 6 heteroatoms. The molecule has 2 unspecified atom stereocenters. The zero-order valence-electron chi connectivity index (χ0n) is 12.0. The first kappa shape index (κ1) is 15.5. The summed E-state index contributed by atoms with van der Waals surface area (Å²) in [7, 11) is -3.42. The number of hydrogen-bond acceptors (Lipinski definition) is 3. The summed E-state index contributed by atoms with van der Waals surface area (Å²) in [5.41, 5.74) is 1.01. The Kier molecular flexibility index (Phi) is 4.16. The molecule has 0 spiro atoms. The Balaban J connectivity index is 1.85. The zero-order chi connectivity index (χ0) is 15.2. The van der Waals surface area contributed by atoms with E-state index in [1.54, 1.807) is 16.4 Å². The van der Waals surface area contributed by atoms with Gasteiger partial charge in [-0.25, -0.2) is 8.42 Å². The molecular weight excluding hydrogens is 354 g/mol. The Hall–Kier alpha value is -0.430.